The number of likely N-dealkylation sites (tertiary alicyclic amines) is 1. The van der Waals surface area contributed by atoms with Crippen LogP contribution in [0.4, 0.5) is 0 Å². The number of hydrogen-bond donors (Lipinski definition) is 0. The molecule has 3 rings (SSSR count). The highest BCUT2D eigenvalue weighted by molar-refractivity contribution is 5.90. The van der Waals surface area contributed by atoms with E-state index in [1.165, 1.54) is 6.92 Å². The molecular weight excluding hydrogens is 278 g/mol. The van der Waals surface area contributed by atoms with Crippen molar-refractivity contribution in [2.45, 2.75) is 25.6 Å². The monoisotopic (exact) mass is 295 g/mol. The Morgan fingerprint density at radius 1 is 1.05 bits per heavy atom. The minimum Gasteiger partial charge on any atom is -0.450 e. The van der Waals surface area contributed by atoms with Crippen LogP contribution in [-0.4, -0.2) is 22.9 Å². The van der Waals surface area contributed by atoms with Crippen LogP contribution >= 0.6 is 0 Å². The summed E-state index contributed by atoms with van der Waals surface area (Å²) >= 11 is 0. The van der Waals surface area contributed by atoms with Crippen LogP contribution in [-0.2, 0) is 20.9 Å². The minimum absolute atomic E-state index is 0.145. The van der Waals surface area contributed by atoms with Crippen molar-refractivity contribution in [1.29, 1.82) is 0 Å². The normalized spacial score (nSPS) is 20.4. The molecule has 0 aliphatic carbocycles. The summed E-state index contributed by atoms with van der Waals surface area (Å²) in [6.07, 6.45) is -0.719. The maximum atomic E-state index is 12.3. The number of amides is 1. The number of ether oxygens (including phenoxy) is 1. The van der Waals surface area contributed by atoms with Gasteiger partial charge in [-0.05, 0) is 11.1 Å². The number of β-lactam (4-membered cyclic amide) rings is 1. The summed E-state index contributed by atoms with van der Waals surface area (Å²) in [7, 11) is 0. The van der Waals surface area contributed by atoms with Crippen molar-refractivity contribution >= 4 is 11.9 Å². The largest absolute Gasteiger partial charge is 0.450 e. The number of esters is 1. The quantitative estimate of drug-likeness (QED) is 0.643. The maximum absolute atomic E-state index is 12.3. The Bertz CT molecular complexity index is 669. The van der Waals surface area contributed by atoms with Gasteiger partial charge >= 0.3 is 5.97 Å². The molecule has 4 heteroatoms. The number of hydrogen-bond acceptors (Lipinski definition) is 3. The molecule has 4 nitrogen and oxygen atoms in total. The number of carbonyl (C=O) groups is 2. The SMILES string of the molecule is CC(=O)O[C@H]1C(=O)N(Cc2ccccc2)[C@H]1c1ccccc1. The van der Waals surface area contributed by atoms with Crippen LogP contribution in [0.2, 0.25) is 0 Å². The predicted octanol–water partition coefficient (Wildman–Crippen LogP) is 2.70. The van der Waals surface area contributed by atoms with Crippen molar-refractivity contribution < 1.29 is 14.3 Å². The highest BCUT2D eigenvalue weighted by atomic mass is 16.6. The van der Waals surface area contributed by atoms with Gasteiger partial charge in [0.15, 0.2) is 0 Å². The molecule has 0 bridgehead atoms. The van der Waals surface area contributed by atoms with E-state index in [1.54, 1.807) is 4.90 Å². The number of nitrogens with zero attached hydrogens (tertiary/aromatic N) is 1. The standard InChI is InChI=1S/C18H17NO3/c1-13(20)22-17-16(15-10-6-3-7-11-15)19(18(17)21)12-14-8-4-2-5-9-14/h2-11,16-17H,12H2,1H3/t16-,17+/m0/s1. The van der Waals surface area contributed by atoms with Gasteiger partial charge < -0.3 is 9.64 Å². The molecule has 1 saturated heterocycles. The highest BCUT2D eigenvalue weighted by Crippen LogP contribution is 2.38. The van der Waals surface area contributed by atoms with Crippen molar-refractivity contribution in [3.63, 3.8) is 0 Å². The molecule has 1 aliphatic heterocycles. The van der Waals surface area contributed by atoms with Gasteiger partial charge in [0.2, 0.25) is 6.10 Å². The van der Waals surface area contributed by atoms with Crippen LogP contribution in [0.15, 0.2) is 60.7 Å². The van der Waals surface area contributed by atoms with E-state index in [-0.39, 0.29) is 11.9 Å². The summed E-state index contributed by atoms with van der Waals surface area (Å²) in [6, 6.07) is 19.2. The molecule has 22 heavy (non-hydrogen) atoms. The second kappa shape index (κ2) is 6.02. The molecule has 0 saturated carbocycles. The molecule has 1 aliphatic rings. The van der Waals surface area contributed by atoms with Gasteiger partial charge in [-0.15, -0.1) is 0 Å². The molecule has 2 atom stereocenters. The zero-order chi connectivity index (χ0) is 15.5. The molecule has 2 aromatic carbocycles. The zero-order valence-electron chi connectivity index (χ0n) is 12.3. The lowest BCUT2D eigenvalue weighted by Crippen LogP contribution is -2.59. The van der Waals surface area contributed by atoms with Gasteiger partial charge in [-0.25, -0.2) is 0 Å². The van der Waals surface area contributed by atoms with E-state index in [4.69, 9.17) is 4.74 Å². The van der Waals surface area contributed by atoms with Gasteiger partial charge in [-0.1, -0.05) is 60.7 Å². The van der Waals surface area contributed by atoms with Gasteiger partial charge in [-0.2, -0.15) is 0 Å². The summed E-state index contributed by atoms with van der Waals surface area (Å²) in [5.41, 5.74) is 2.03. The highest BCUT2D eigenvalue weighted by Gasteiger charge is 2.50. The summed E-state index contributed by atoms with van der Waals surface area (Å²) in [6.45, 7) is 1.84. The third kappa shape index (κ3) is 2.72. The Morgan fingerprint density at radius 3 is 2.23 bits per heavy atom. The number of benzene rings is 2. The summed E-state index contributed by atoms with van der Waals surface area (Å²) in [4.78, 5) is 25.3. The number of carbonyl (C=O) groups excluding carboxylic acids is 2. The lowest BCUT2D eigenvalue weighted by atomic mass is 9.90. The molecular formula is C18H17NO3. The molecule has 0 radical (unpaired) electrons. The third-order valence-electron chi connectivity index (χ3n) is 3.78. The summed E-state index contributed by atoms with van der Waals surface area (Å²) in [5, 5.41) is 0. The Balaban J connectivity index is 1.85. The fourth-order valence-corrected chi connectivity index (χ4v) is 2.77. The molecule has 2 aromatic rings. The van der Waals surface area contributed by atoms with Gasteiger partial charge in [0.25, 0.3) is 5.91 Å². The van der Waals surface area contributed by atoms with Gasteiger partial charge in [0.05, 0.1) is 0 Å². The lowest BCUT2D eigenvalue weighted by Gasteiger charge is -2.46. The van der Waals surface area contributed by atoms with Crippen LogP contribution in [0.5, 0.6) is 0 Å². The van der Waals surface area contributed by atoms with E-state index in [2.05, 4.69) is 0 Å². The van der Waals surface area contributed by atoms with Crippen LogP contribution in [0.25, 0.3) is 0 Å². The van der Waals surface area contributed by atoms with E-state index < -0.39 is 12.1 Å². The first-order valence-corrected chi connectivity index (χ1v) is 7.23. The molecule has 0 spiro atoms. The summed E-state index contributed by atoms with van der Waals surface area (Å²) in [5.74, 6) is -0.577. The van der Waals surface area contributed by atoms with E-state index in [9.17, 15) is 9.59 Å². The Morgan fingerprint density at radius 2 is 1.64 bits per heavy atom. The van der Waals surface area contributed by atoms with Crippen LogP contribution in [0, 0.1) is 0 Å². The minimum atomic E-state index is -0.719. The Labute approximate surface area is 129 Å². The average molecular weight is 295 g/mol. The third-order valence-corrected chi connectivity index (χ3v) is 3.78. The van der Waals surface area contributed by atoms with Crippen LogP contribution < -0.4 is 0 Å². The first kappa shape index (κ1) is 14.3. The molecule has 1 heterocycles. The van der Waals surface area contributed by atoms with E-state index >= 15 is 0 Å². The molecule has 0 N–H and O–H groups in total. The first-order chi connectivity index (χ1) is 10.7. The Kier molecular flexibility index (Phi) is 3.92. The van der Waals surface area contributed by atoms with Crippen LogP contribution in [0.3, 0.4) is 0 Å². The van der Waals surface area contributed by atoms with Crippen molar-refractivity contribution in [3.05, 3.63) is 71.8 Å². The maximum Gasteiger partial charge on any atom is 0.303 e. The lowest BCUT2D eigenvalue weighted by molar-refractivity contribution is -0.183. The summed E-state index contributed by atoms with van der Waals surface area (Å²) < 4.78 is 5.20. The van der Waals surface area contributed by atoms with E-state index in [0.717, 1.165) is 11.1 Å². The van der Waals surface area contributed by atoms with E-state index in [1.807, 2.05) is 60.7 Å². The van der Waals surface area contributed by atoms with Crippen molar-refractivity contribution in [1.82, 2.24) is 4.90 Å². The topological polar surface area (TPSA) is 46.6 Å². The van der Waals surface area contributed by atoms with Crippen molar-refractivity contribution in [2.24, 2.45) is 0 Å². The van der Waals surface area contributed by atoms with E-state index in [0.29, 0.717) is 6.54 Å². The fourth-order valence-electron chi connectivity index (χ4n) is 2.77. The fraction of sp³-hybridized carbons (Fsp3) is 0.222. The van der Waals surface area contributed by atoms with Crippen LogP contribution in [0.1, 0.15) is 24.1 Å². The van der Waals surface area contributed by atoms with Gasteiger partial charge in [0, 0.05) is 13.5 Å². The molecule has 0 aromatic heterocycles. The number of rotatable bonds is 4. The smallest absolute Gasteiger partial charge is 0.303 e. The predicted molar refractivity (Wildman–Crippen MR) is 81.7 cm³/mol. The molecule has 1 amide bonds. The average Bonchev–Trinajstić information content (AvgIpc) is 2.55. The second-order valence-electron chi connectivity index (χ2n) is 5.34. The zero-order valence-corrected chi connectivity index (χ0v) is 12.3. The Hall–Kier alpha value is -2.62. The van der Waals surface area contributed by atoms with Gasteiger partial charge in [0.1, 0.15) is 6.04 Å². The van der Waals surface area contributed by atoms with Crippen molar-refractivity contribution in [3.8, 4) is 0 Å². The second-order valence-corrected chi connectivity index (χ2v) is 5.34. The molecule has 1 fully saturated rings. The molecule has 112 valence electrons. The first-order valence-electron chi connectivity index (χ1n) is 7.23. The van der Waals surface area contributed by atoms with Crippen molar-refractivity contribution in [2.75, 3.05) is 0 Å². The molecule has 0 unspecified atom stereocenters. The van der Waals surface area contributed by atoms with Gasteiger partial charge in [-0.3, -0.25) is 9.59 Å².